The average Bonchev–Trinajstić information content (AvgIpc) is 2.43. The lowest BCUT2D eigenvalue weighted by Crippen LogP contribution is -1.97. The van der Waals surface area contributed by atoms with Gasteiger partial charge in [0.25, 0.3) is 0 Å². The number of carboxylic acid groups (broad SMARTS) is 1. The first-order valence-corrected chi connectivity index (χ1v) is 7.31. The zero-order valence-electron chi connectivity index (χ0n) is 10.8. The van der Waals surface area contributed by atoms with Gasteiger partial charge in [0.05, 0.1) is 11.1 Å². The molecule has 0 fully saturated rings. The highest BCUT2D eigenvalue weighted by Crippen LogP contribution is 2.26. The lowest BCUT2D eigenvalue weighted by molar-refractivity contribution is 0.0697. The van der Waals surface area contributed by atoms with Crippen molar-refractivity contribution >= 4 is 28.6 Å². The second-order valence-corrected chi connectivity index (χ2v) is 5.36. The number of fused-ring (bicyclic) bond motifs is 1. The van der Waals surface area contributed by atoms with E-state index in [1.165, 1.54) is 25.6 Å². The van der Waals surface area contributed by atoms with Crippen LogP contribution in [0.5, 0.6) is 0 Å². The molecule has 1 N–H and O–H groups in total. The van der Waals surface area contributed by atoms with Gasteiger partial charge in [-0.15, -0.1) is 11.8 Å². The van der Waals surface area contributed by atoms with Crippen LogP contribution in [0, 0.1) is 0 Å². The molecule has 2 rings (SSSR count). The topological polar surface area (TPSA) is 63.1 Å². The second kappa shape index (κ2) is 6.52. The largest absolute Gasteiger partial charge is 0.478 e. The molecule has 0 atom stereocenters. The van der Waals surface area contributed by atoms with Crippen LogP contribution < -0.4 is 0 Å². The standard InChI is InChI=1S/C14H16N2O2S/c1-2-3-4-7-19-13-11-6-5-10(14(17)18)8-12(11)15-9-16-13/h5-6,8-9H,2-4,7H2,1H3,(H,17,18). The van der Waals surface area contributed by atoms with Gasteiger partial charge in [0.1, 0.15) is 11.4 Å². The maximum absolute atomic E-state index is 10.9. The molecule has 4 nitrogen and oxygen atoms in total. The summed E-state index contributed by atoms with van der Waals surface area (Å²) in [5.74, 6) is 0.0957. The summed E-state index contributed by atoms with van der Waals surface area (Å²) in [5.41, 5.74) is 0.945. The van der Waals surface area contributed by atoms with E-state index in [-0.39, 0.29) is 5.56 Å². The zero-order valence-corrected chi connectivity index (χ0v) is 11.6. The molecule has 5 heteroatoms. The van der Waals surface area contributed by atoms with Gasteiger partial charge in [0, 0.05) is 5.39 Å². The Morgan fingerprint density at radius 3 is 2.89 bits per heavy atom. The summed E-state index contributed by atoms with van der Waals surface area (Å²) in [5, 5.41) is 10.8. The molecule has 0 amide bonds. The van der Waals surface area contributed by atoms with Crippen molar-refractivity contribution < 1.29 is 9.90 Å². The third kappa shape index (κ3) is 3.44. The Morgan fingerprint density at radius 1 is 1.32 bits per heavy atom. The predicted molar refractivity (Wildman–Crippen MR) is 76.7 cm³/mol. The molecule has 1 heterocycles. The van der Waals surface area contributed by atoms with E-state index in [1.807, 2.05) is 0 Å². The van der Waals surface area contributed by atoms with Gasteiger partial charge >= 0.3 is 5.97 Å². The molecule has 100 valence electrons. The Morgan fingerprint density at radius 2 is 2.16 bits per heavy atom. The third-order valence-corrected chi connectivity index (χ3v) is 3.93. The highest BCUT2D eigenvalue weighted by Gasteiger charge is 2.08. The predicted octanol–water partition coefficient (Wildman–Crippen LogP) is 3.61. The normalized spacial score (nSPS) is 10.8. The Labute approximate surface area is 116 Å². The summed E-state index contributed by atoms with van der Waals surface area (Å²) in [4.78, 5) is 19.3. The van der Waals surface area contributed by atoms with Crippen molar-refractivity contribution in [1.29, 1.82) is 0 Å². The molecule has 19 heavy (non-hydrogen) atoms. The van der Waals surface area contributed by atoms with Crippen molar-refractivity contribution in [2.45, 2.75) is 31.2 Å². The average molecular weight is 276 g/mol. The molecule has 0 aliphatic heterocycles. The van der Waals surface area contributed by atoms with Crippen LogP contribution in [0.3, 0.4) is 0 Å². The van der Waals surface area contributed by atoms with Crippen LogP contribution >= 0.6 is 11.8 Å². The van der Waals surface area contributed by atoms with Gasteiger partial charge in [-0.1, -0.05) is 19.8 Å². The van der Waals surface area contributed by atoms with Crippen LogP contribution in [0.15, 0.2) is 29.6 Å². The lowest BCUT2D eigenvalue weighted by Gasteiger charge is -2.05. The number of aromatic carboxylic acids is 1. The number of nitrogens with zero attached hydrogens (tertiary/aromatic N) is 2. The highest BCUT2D eigenvalue weighted by molar-refractivity contribution is 7.99. The van der Waals surface area contributed by atoms with Crippen molar-refractivity contribution in [3.05, 3.63) is 30.1 Å². The lowest BCUT2D eigenvalue weighted by atomic mass is 10.1. The zero-order chi connectivity index (χ0) is 13.7. The molecule has 0 unspecified atom stereocenters. The second-order valence-electron chi connectivity index (χ2n) is 4.27. The SMILES string of the molecule is CCCCCSc1ncnc2cc(C(=O)O)ccc12. The molecule has 0 saturated heterocycles. The summed E-state index contributed by atoms with van der Waals surface area (Å²) in [6.07, 6.45) is 5.09. The molecule has 0 aliphatic carbocycles. The summed E-state index contributed by atoms with van der Waals surface area (Å²) in [6, 6.07) is 4.99. The van der Waals surface area contributed by atoms with Gasteiger partial charge in [-0.3, -0.25) is 0 Å². The van der Waals surface area contributed by atoms with Crippen LogP contribution in [-0.4, -0.2) is 26.8 Å². The van der Waals surface area contributed by atoms with Gasteiger partial charge < -0.3 is 5.11 Å². The van der Waals surface area contributed by atoms with Gasteiger partial charge in [-0.2, -0.15) is 0 Å². The third-order valence-electron chi connectivity index (χ3n) is 2.83. The fraction of sp³-hybridized carbons (Fsp3) is 0.357. The number of thioether (sulfide) groups is 1. The van der Waals surface area contributed by atoms with E-state index in [0.717, 1.165) is 16.2 Å². The maximum Gasteiger partial charge on any atom is 0.335 e. The molecule has 0 bridgehead atoms. The first kappa shape index (κ1) is 13.8. The van der Waals surface area contributed by atoms with E-state index in [4.69, 9.17) is 5.11 Å². The van der Waals surface area contributed by atoms with Crippen LogP contribution in [0.4, 0.5) is 0 Å². The van der Waals surface area contributed by atoms with Gasteiger partial charge in [-0.05, 0) is 30.4 Å². The molecular weight excluding hydrogens is 260 g/mol. The minimum Gasteiger partial charge on any atom is -0.478 e. The monoisotopic (exact) mass is 276 g/mol. The number of benzene rings is 1. The van der Waals surface area contributed by atoms with Crippen LogP contribution in [-0.2, 0) is 0 Å². The molecule has 2 aromatic rings. The molecule has 0 saturated carbocycles. The summed E-state index contributed by atoms with van der Waals surface area (Å²) in [6.45, 7) is 2.18. The molecular formula is C14H16N2O2S. The van der Waals surface area contributed by atoms with Crippen molar-refractivity contribution in [1.82, 2.24) is 9.97 Å². The van der Waals surface area contributed by atoms with E-state index in [9.17, 15) is 4.79 Å². The van der Waals surface area contributed by atoms with Crippen LogP contribution in [0.25, 0.3) is 10.9 Å². The van der Waals surface area contributed by atoms with Crippen molar-refractivity contribution in [3.8, 4) is 0 Å². The molecule has 1 aromatic carbocycles. The number of carbonyl (C=O) groups is 1. The first-order chi connectivity index (χ1) is 9.22. The maximum atomic E-state index is 10.9. The number of unbranched alkanes of at least 4 members (excludes halogenated alkanes) is 2. The molecule has 1 aromatic heterocycles. The van der Waals surface area contributed by atoms with Gasteiger partial charge in [0.2, 0.25) is 0 Å². The van der Waals surface area contributed by atoms with Crippen LogP contribution in [0.2, 0.25) is 0 Å². The van der Waals surface area contributed by atoms with E-state index >= 15 is 0 Å². The first-order valence-electron chi connectivity index (χ1n) is 6.33. The number of rotatable bonds is 6. The number of hydrogen-bond donors (Lipinski definition) is 1. The Bertz CT molecular complexity index is 587. The van der Waals surface area contributed by atoms with E-state index in [0.29, 0.717) is 5.52 Å². The van der Waals surface area contributed by atoms with Crippen molar-refractivity contribution in [2.24, 2.45) is 0 Å². The van der Waals surface area contributed by atoms with E-state index in [1.54, 1.807) is 30.0 Å². The minimum absolute atomic E-state index is 0.258. The molecule has 0 radical (unpaired) electrons. The fourth-order valence-corrected chi connectivity index (χ4v) is 2.79. The number of aromatic nitrogens is 2. The quantitative estimate of drug-likeness (QED) is 0.496. The van der Waals surface area contributed by atoms with Gasteiger partial charge in [-0.25, -0.2) is 14.8 Å². The molecule has 0 aliphatic rings. The van der Waals surface area contributed by atoms with Crippen LogP contribution in [0.1, 0.15) is 36.5 Å². The van der Waals surface area contributed by atoms with E-state index < -0.39 is 5.97 Å². The Hall–Kier alpha value is -1.62. The fourth-order valence-electron chi connectivity index (χ4n) is 1.80. The Kier molecular flexibility index (Phi) is 4.74. The Balaban J connectivity index is 2.22. The summed E-state index contributed by atoms with van der Waals surface area (Å²) < 4.78 is 0. The van der Waals surface area contributed by atoms with E-state index in [2.05, 4.69) is 16.9 Å². The highest BCUT2D eigenvalue weighted by atomic mass is 32.2. The number of carboxylic acids is 1. The summed E-state index contributed by atoms with van der Waals surface area (Å²) >= 11 is 1.71. The smallest absolute Gasteiger partial charge is 0.335 e. The molecule has 0 spiro atoms. The number of hydrogen-bond acceptors (Lipinski definition) is 4. The van der Waals surface area contributed by atoms with Gasteiger partial charge in [0.15, 0.2) is 0 Å². The van der Waals surface area contributed by atoms with Crippen molar-refractivity contribution in [2.75, 3.05) is 5.75 Å². The van der Waals surface area contributed by atoms with Crippen molar-refractivity contribution in [3.63, 3.8) is 0 Å². The minimum atomic E-state index is -0.933. The summed E-state index contributed by atoms with van der Waals surface area (Å²) in [7, 11) is 0.